The second-order valence-electron chi connectivity index (χ2n) is 11.7. The number of hydrogen-bond donors (Lipinski definition) is 0. The summed E-state index contributed by atoms with van der Waals surface area (Å²) < 4.78 is 0. The second kappa shape index (κ2) is 9.93. The fraction of sp³-hybridized carbons (Fsp3) is 0.545. The monoisotopic (exact) mass is 592 g/mol. The van der Waals surface area contributed by atoms with Gasteiger partial charge in [0.2, 0.25) is 0 Å². The Balaban J connectivity index is 0.000000483. The van der Waals surface area contributed by atoms with Crippen LogP contribution in [0.2, 0.25) is 78.6 Å². The normalized spacial score (nSPS) is 12.9. The summed E-state index contributed by atoms with van der Waals surface area (Å²) in [5.41, 5.74) is 0. The first-order valence-corrected chi connectivity index (χ1v) is 24.0. The molecule has 0 aliphatic carbocycles. The zero-order valence-electron chi connectivity index (χ0n) is 19.7. The molecule has 0 saturated carbocycles. The molecular formula is C22H42Si4Yb. The molecule has 0 spiro atoms. The van der Waals surface area contributed by atoms with Crippen molar-refractivity contribution >= 4 is 53.0 Å². The summed E-state index contributed by atoms with van der Waals surface area (Å²) in [5.74, 6) is 0. The Labute approximate surface area is 212 Å². The molecule has 0 aliphatic heterocycles. The average Bonchev–Trinajstić information content (AvgIpc) is 3.06. The van der Waals surface area contributed by atoms with E-state index >= 15 is 0 Å². The van der Waals surface area contributed by atoms with E-state index in [-0.39, 0.29) is 46.9 Å². The van der Waals surface area contributed by atoms with Crippen molar-refractivity contribution < 1.29 is 46.9 Å². The molecule has 0 saturated heterocycles. The minimum Gasteiger partial charge on any atom is -0.214 e. The zero-order chi connectivity index (χ0) is 20.6. The van der Waals surface area contributed by atoms with Gasteiger partial charge in [0.25, 0.3) is 0 Å². The molecule has 0 bridgehead atoms. The topological polar surface area (TPSA) is 0 Å². The number of rotatable bonds is 4. The fourth-order valence-electron chi connectivity index (χ4n) is 3.46. The van der Waals surface area contributed by atoms with Crippen LogP contribution in [0.25, 0.3) is 0 Å². The van der Waals surface area contributed by atoms with Crippen molar-refractivity contribution in [1.29, 1.82) is 0 Å². The molecule has 0 unspecified atom stereocenters. The fourth-order valence-corrected chi connectivity index (χ4v) is 13.9. The molecule has 160 valence electrons. The van der Waals surface area contributed by atoms with Crippen LogP contribution in [0.1, 0.15) is 0 Å². The van der Waals surface area contributed by atoms with E-state index in [0.29, 0.717) is 0 Å². The molecule has 0 fully saturated rings. The van der Waals surface area contributed by atoms with Gasteiger partial charge in [-0.25, -0.2) is 24.3 Å². The van der Waals surface area contributed by atoms with Gasteiger partial charge in [-0.15, -0.1) is 0 Å². The zero-order valence-corrected chi connectivity index (χ0v) is 25.4. The van der Waals surface area contributed by atoms with Gasteiger partial charge in [-0.2, -0.15) is 32.9 Å². The van der Waals surface area contributed by atoms with Crippen molar-refractivity contribution in [1.82, 2.24) is 0 Å². The van der Waals surface area contributed by atoms with Crippen LogP contribution in [-0.4, -0.2) is 32.3 Å². The average molecular weight is 592 g/mol. The first kappa shape index (κ1) is 28.1. The first-order valence-electron chi connectivity index (χ1n) is 9.99. The van der Waals surface area contributed by atoms with Crippen LogP contribution >= 0.6 is 0 Å². The van der Waals surface area contributed by atoms with E-state index in [2.05, 4.69) is 115 Å². The van der Waals surface area contributed by atoms with E-state index in [0.717, 1.165) is 0 Å². The summed E-state index contributed by atoms with van der Waals surface area (Å²) in [6.45, 7) is 29.2. The molecule has 0 radical (unpaired) electrons. The molecule has 0 nitrogen and oxygen atoms in total. The molecule has 0 N–H and O–H groups in total. The predicted molar refractivity (Wildman–Crippen MR) is 136 cm³/mol. The summed E-state index contributed by atoms with van der Waals surface area (Å²) in [7, 11) is -4.40. The van der Waals surface area contributed by atoms with Gasteiger partial charge in [-0.3, -0.25) is 0 Å². The summed E-state index contributed by atoms with van der Waals surface area (Å²) >= 11 is 0. The summed E-state index contributed by atoms with van der Waals surface area (Å²) in [6, 6.07) is 13.9. The van der Waals surface area contributed by atoms with E-state index in [9.17, 15) is 0 Å². The smallest absolute Gasteiger partial charge is 0.214 e. The van der Waals surface area contributed by atoms with Crippen molar-refractivity contribution in [2.24, 2.45) is 0 Å². The minimum atomic E-state index is -1.10. The maximum Gasteiger partial charge on any atom is 2.00 e. The molecule has 5 heteroatoms. The molecule has 27 heavy (non-hydrogen) atoms. The van der Waals surface area contributed by atoms with Crippen LogP contribution in [0.3, 0.4) is 0 Å². The van der Waals surface area contributed by atoms with Crippen molar-refractivity contribution in [2.75, 3.05) is 0 Å². The van der Waals surface area contributed by atoms with E-state index < -0.39 is 32.3 Å². The van der Waals surface area contributed by atoms with Crippen LogP contribution in [0.15, 0.2) is 36.4 Å². The van der Waals surface area contributed by atoms with Gasteiger partial charge in [0.1, 0.15) is 0 Å². The van der Waals surface area contributed by atoms with Gasteiger partial charge >= 0.3 is 46.9 Å². The number of hydrogen-bond acceptors (Lipinski definition) is 0. The van der Waals surface area contributed by atoms with Crippen LogP contribution < -0.4 is 20.7 Å². The molecule has 2 rings (SSSR count). The Hall–Kier alpha value is 1.09. The SMILES string of the molecule is C[Si](C)(C)c1ccc[c-]1[Si](C)(C)C.C[Si](C)(C)c1ccc[c-]1[Si](C)(C)C.[Yb+2]. The Morgan fingerprint density at radius 3 is 0.926 bits per heavy atom. The van der Waals surface area contributed by atoms with Crippen LogP contribution in [0.4, 0.5) is 0 Å². The third-order valence-electron chi connectivity index (χ3n) is 4.86. The largest absolute Gasteiger partial charge is 2.00 e. The van der Waals surface area contributed by atoms with E-state index in [1.54, 1.807) is 20.7 Å². The van der Waals surface area contributed by atoms with Gasteiger partial charge in [0, 0.05) is 16.1 Å². The molecular weight excluding hydrogens is 550 g/mol. The Morgan fingerprint density at radius 2 is 0.778 bits per heavy atom. The summed E-state index contributed by atoms with van der Waals surface area (Å²) in [4.78, 5) is 0. The first-order chi connectivity index (χ1) is 11.5. The van der Waals surface area contributed by atoms with E-state index in [1.165, 1.54) is 0 Å². The van der Waals surface area contributed by atoms with Crippen molar-refractivity contribution in [3.63, 3.8) is 0 Å². The molecule has 0 aromatic heterocycles. The van der Waals surface area contributed by atoms with Gasteiger partial charge < -0.3 is 0 Å². The van der Waals surface area contributed by atoms with E-state index in [4.69, 9.17) is 0 Å². The van der Waals surface area contributed by atoms with Gasteiger partial charge in [-0.1, -0.05) is 78.6 Å². The molecule has 0 atom stereocenters. The maximum atomic E-state index is 2.44. The summed E-state index contributed by atoms with van der Waals surface area (Å²) in [5, 5.41) is 6.75. The standard InChI is InChI=1S/2C11H21Si2.Yb/c2*1-12(2,3)10-8-7-9-11(10)13(4,5)6;/h2*7-9H,1-6H3;/q2*-1;+2. The second-order valence-corrected chi connectivity index (χ2v) is 31.9. The van der Waals surface area contributed by atoms with Crippen molar-refractivity contribution in [3.05, 3.63) is 36.4 Å². The minimum absolute atomic E-state index is 0. The third-order valence-corrected chi connectivity index (χ3v) is 13.6. The van der Waals surface area contributed by atoms with Crippen LogP contribution in [0, 0.1) is 46.9 Å². The Morgan fingerprint density at radius 1 is 0.519 bits per heavy atom. The van der Waals surface area contributed by atoms with Gasteiger partial charge in [0.05, 0.1) is 16.1 Å². The third kappa shape index (κ3) is 8.39. The van der Waals surface area contributed by atoms with Gasteiger partial charge in [0.15, 0.2) is 0 Å². The van der Waals surface area contributed by atoms with Crippen molar-refractivity contribution in [3.8, 4) is 0 Å². The Bertz CT molecular complexity index is 579. The molecule has 2 aromatic rings. The van der Waals surface area contributed by atoms with E-state index in [1.807, 2.05) is 0 Å². The molecule has 2 aromatic carbocycles. The molecule has 0 aliphatic rings. The summed E-state index contributed by atoms with van der Waals surface area (Å²) in [6.07, 6.45) is 0. The quantitative estimate of drug-likeness (QED) is 0.347. The van der Waals surface area contributed by atoms with Crippen molar-refractivity contribution in [2.45, 2.75) is 78.6 Å². The van der Waals surface area contributed by atoms with Crippen LogP contribution in [0.5, 0.6) is 0 Å². The van der Waals surface area contributed by atoms with Gasteiger partial charge in [-0.05, 0) is 0 Å². The molecule has 0 amide bonds. The Kier molecular flexibility index (Phi) is 10.3. The molecule has 0 heterocycles. The van der Waals surface area contributed by atoms with Crippen LogP contribution in [-0.2, 0) is 0 Å². The maximum absolute atomic E-state index is 2.44. The predicted octanol–water partition coefficient (Wildman–Crippen LogP) is 4.99.